The molecule has 2 saturated carbocycles. The number of carbonyl (C=O) groups excluding carboxylic acids is 1. The first-order valence-electron chi connectivity index (χ1n) is 13.7. The number of rotatable bonds is 7. The number of hydrogen-bond acceptors (Lipinski definition) is 3. The number of benzene rings is 2. The summed E-state index contributed by atoms with van der Waals surface area (Å²) in [5.41, 5.74) is 10.7. The Labute approximate surface area is 209 Å². The van der Waals surface area contributed by atoms with Crippen molar-refractivity contribution in [2.75, 3.05) is 0 Å². The highest BCUT2D eigenvalue weighted by atomic mass is 16.3. The molecule has 7 atom stereocenters. The number of aromatic hydroxyl groups is 1. The third-order valence-corrected chi connectivity index (χ3v) is 10.1. The lowest BCUT2D eigenvalue weighted by Gasteiger charge is -2.53. The molecule has 2 fully saturated rings. The van der Waals surface area contributed by atoms with Crippen molar-refractivity contribution in [3.63, 3.8) is 0 Å². The normalized spacial score (nSPS) is 32.4. The molecule has 4 N–H and O–H groups in total. The first-order valence-corrected chi connectivity index (χ1v) is 13.7. The Morgan fingerprint density at radius 3 is 2.74 bits per heavy atom. The summed E-state index contributed by atoms with van der Waals surface area (Å²) in [5.74, 6) is 2.17. The Morgan fingerprint density at radius 1 is 1.14 bits per heavy atom. The molecule has 3 aliphatic rings. The molecule has 0 heterocycles. The maximum Gasteiger partial charge on any atom is 0.224 e. The third-order valence-electron chi connectivity index (χ3n) is 10.1. The van der Waals surface area contributed by atoms with Crippen molar-refractivity contribution < 1.29 is 15.0 Å². The minimum atomic E-state index is -0.272. The minimum Gasteiger partial charge on any atom is -0.508 e. The molecule has 4 nitrogen and oxygen atoms in total. The summed E-state index contributed by atoms with van der Waals surface area (Å²) in [7, 11) is 0. The Kier molecular flexibility index (Phi) is 6.69. The van der Waals surface area contributed by atoms with Gasteiger partial charge in [-0.25, -0.2) is 0 Å². The zero-order valence-electron chi connectivity index (χ0n) is 21.2. The second kappa shape index (κ2) is 9.61. The quantitative estimate of drug-likeness (QED) is 0.440. The van der Waals surface area contributed by atoms with Gasteiger partial charge in [-0.3, -0.25) is 4.79 Å². The number of carbonyl (C=O) groups is 1. The summed E-state index contributed by atoms with van der Waals surface area (Å²) in [5, 5.41) is 21.1. The summed E-state index contributed by atoms with van der Waals surface area (Å²) in [6, 6.07) is 14.2. The lowest BCUT2D eigenvalue weighted by atomic mass is 9.52. The van der Waals surface area contributed by atoms with Gasteiger partial charge in [-0.1, -0.05) is 43.7 Å². The SMILES string of the molecule is CC(C(N)=O)c1ccccc1CCCC[C@@H]1Cc2cc(O)ccc2[C@H]2CC[C@]3(C)[C@@H](O)CC[C@H]3[C@H]12. The van der Waals surface area contributed by atoms with Crippen LogP contribution in [0.4, 0.5) is 0 Å². The number of unbranched alkanes of at least 4 members (excludes halogenated alkanes) is 1. The molecular formula is C31H41NO3. The average molecular weight is 476 g/mol. The lowest BCUT2D eigenvalue weighted by molar-refractivity contribution is -0.119. The zero-order valence-corrected chi connectivity index (χ0v) is 21.2. The number of primary amides is 1. The summed E-state index contributed by atoms with van der Waals surface area (Å²) >= 11 is 0. The van der Waals surface area contributed by atoms with E-state index in [9.17, 15) is 15.0 Å². The fraction of sp³-hybridized carbons (Fsp3) is 0.581. The minimum absolute atomic E-state index is 0.0533. The number of nitrogens with two attached hydrogens (primary N) is 1. The van der Waals surface area contributed by atoms with Crippen LogP contribution in [0.5, 0.6) is 5.75 Å². The highest BCUT2D eigenvalue weighted by Crippen LogP contribution is 2.62. The Hall–Kier alpha value is -2.33. The van der Waals surface area contributed by atoms with E-state index in [1.165, 1.54) is 23.1 Å². The van der Waals surface area contributed by atoms with Crippen molar-refractivity contribution in [2.24, 2.45) is 28.9 Å². The van der Waals surface area contributed by atoms with E-state index < -0.39 is 0 Å². The number of phenols is 1. The summed E-state index contributed by atoms with van der Waals surface area (Å²) in [6.45, 7) is 4.23. The molecule has 0 aliphatic heterocycles. The largest absolute Gasteiger partial charge is 0.508 e. The Morgan fingerprint density at radius 2 is 1.94 bits per heavy atom. The predicted octanol–water partition coefficient (Wildman–Crippen LogP) is 5.84. The highest BCUT2D eigenvalue weighted by Gasteiger charge is 2.56. The van der Waals surface area contributed by atoms with Gasteiger partial charge in [-0.15, -0.1) is 0 Å². The zero-order chi connectivity index (χ0) is 24.7. The van der Waals surface area contributed by atoms with Gasteiger partial charge in [0.25, 0.3) is 0 Å². The number of amides is 1. The number of aliphatic hydroxyl groups is 1. The molecule has 188 valence electrons. The van der Waals surface area contributed by atoms with E-state index in [2.05, 4.69) is 25.1 Å². The van der Waals surface area contributed by atoms with E-state index in [0.29, 0.717) is 29.4 Å². The van der Waals surface area contributed by atoms with Crippen LogP contribution < -0.4 is 5.73 Å². The lowest BCUT2D eigenvalue weighted by Crippen LogP contribution is -2.47. The van der Waals surface area contributed by atoms with E-state index in [-0.39, 0.29) is 23.3 Å². The van der Waals surface area contributed by atoms with E-state index >= 15 is 0 Å². The fourth-order valence-electron chi connectivity index (χ4n) is 8.09. The van der Waals surface area contributed by atoms with Gasteiger partial charge in [0.1, 0.15) is 5.75 Å². The van der Waals surface area contributed by atoms with E-state index in [1.807, 2.05) is 31.2 Å². The molecule has 0 spiro atoms. The molecule has 1 unspecified atom stereocenters. The molecule has 5 rings (SSSR count). The van der Waals surface area contributed by atoms with E-state index in [1.54, 1.807) is 0 Å². The number of phenolic OH excluding ortho intramolecular Hbond substituents is 1. The second-order valence-corrected chi connectivity index (χ2v) is 11.8. The molecule has 4 heteroatoms. The monoisotopic (exact) mass is 475 g/mol. The molecule has 2 aromatic rings. The number of aryl methyl sites for hydroxylation is 1. The standard InChI is InChI=1S/C31H41NO3/c1-19(30(32)35)24-10-6-5-8-20(24)7-3-4-9-21-17-22-18-23(33)11-12-25(22)26-15-16-31(2)27(29(21)26)13-14-28(31)34/h5-6,8,10-12,18-19,21,26-29,33-34H,3-4,7,9,13-17H2,1-2H3,(H2,32,35)/t19?,21-,26-,27+,28+,29-,31+/m1/s1. The number of aliphatic hydroxyl groups excluding tert-OH is 1. The first kappa shape index (κ1) is 24.4. The summed E-state index contributed by atoms with van der Waals surface area (Å²) in [6.07, 6.45) is 9.56. The van der Waals surface area contributed by atoms with E-state index in [0.717, 1.165) is 56.9 Å². The predicted molar refractivity (Wildman–Crippen MR) is 139 cm³/mol. The maximum absolute atomic E-state index is 11.8. The van der Waals surface area contributed by atoms with Gasteiger partial charge in [-0.2, -0.15) is 0 Å². The topological polar surface area (TPSA) is 83.6 Å². The van der Waals surface area contributed by atoms with Gasteiger partial charge >= 0.3 is 0 Å². The second-order valence-electron chi connectivity index (χ2n) is 11.8. The van der Waals surface area contributed by atoms with Crippen molar-refractivity contribution >= 4 is 5.91 Å². The van der Waals surface area contributed by atoms with Gasteiger partial charge in [0.15, 0.2) is 0 Å². The highest BCUT2D eigenvalue weighted by molar-refractivity contribution is 5.81. The van der Waals surface area contributed by atoms with Crippen LogP contribution in [0.1, 0.15) is 92.9 Å². The van der Waals surface area contributed by atoms with Crippen LogP contribution >= 0.6 is 0 Å². The first-order chi connectivity index (χ1) is 16.8. The van der Waals surface area contributed by atoms with Crippen molar-refractivity contribution in [1.29, 1.82) is 0 Å². The van der Waals surface area contributed by atoms with E-state index in [4.69, 9.17) is 5.73 Å². The van der Waals surface area contributed by atoms with Crippen molar-refractivity contribution in [1.82, 2.24) is 0 Å². The smallest absolute Gasteiger partial charge is 0.224 e. The number of hydrogen-bond donors (Lipinski definition) is 3. The van der Waals surface area contributed by atoms with Gasteiger partial charge < -0.3 is 15.9 Å². The molecule has 0 radical (unpaired) electrons. The molecule has 3 aliphatic carbocycles. The van der Waals surface area contributed by atoms with Crippen LogP contribution in [0.25, 0.3) is 0 Å². The average Bonchev–Trinajstić information content (AvgIpc) is 3.15. The molecule has 1 amide bonds. The van der Waals surface area contributed by atoms with Crippen LogP contribution in [0.3, 0.4) is 0 Å². The van der Waals surface area contributed by atoms with Gasteiger partial charge in [0.05, 0.1) is 12.0 Å². The molecule has 0 saturated heterocycles. The molecule has 0 bridgehead atoms. The van der Waals surface area contributed by atoms with Crippen LogP contribution in [0.15, 0.2) is 42.5 Å². The Balaban J connectivity index is 1.32. The van der Waals surface area contributed by atoms with Crippen LogP contribution in [-0.4, -0.2) is 22.2 Å². The van der Waals surface area contributed by atoms with Crippen molar-refractivity contribution in [2.45, 2.75) is 89.6 Å². The summed E-state index contributed by atoms with van der Waals surface area (Å²) in [4.78, 5) is 11.8. The number of fused-ring (bicyclic) bond motifs is 5. The van der Waals surface area contributed by atoms with Crippen LogP contribution in [0.2, 0.25) is 0 Å². The molecule has 0 aromatic heterocycles. The molecule has 35 heavy (non-hydrogen) atoms. The molecule has 2 aromatic carbocycles. The fourth-order valence-corrected chi connectivity index (χ4v) is 8.09. The van der Waals surface area contributed by atoms with Gasteiger partial charge in [0.2, 0.25) is 5.91 Å². The van der Waals surface area contributed by atoms with Crippen molar-refractivity contribution in [3.8, 4) is 5.75 Å². The van der Waals surface area contributed by atoms with Gasteiger partial charge in [0, 0.05) is 0 Å². The summed E-state index contributed by atoms with van der Waals surface area (Å²) < 4.78 is 0. The van der Waals surface area contributed by atoms with Crippen molar-refractivity contribution in [3.05, 3.63) is 64.7 Å². The third kappa shape index (κ3) is 4.39. The Bertz CT molecular complexity index is 1080. The van der Waals surface area contributed by atoms with Crippen LogP contribution in [-0.2, 0) is 17.6 Å². The van der Waals surface area contributed by atoms with Crippen LogP contribution in [0, 0.1) is 23.2 Å². The molecular weight excluding hydrogens is 434 g/mol. The van der Waals surface area contributed by atoms with Gasteiger partial charge in [-0.05, 0) is 122 Å². The maximum atomic E-state index is 11.8.